The van der Waals surface area contributed by atoms with Gasteiger partial charge in [0.05, 0.1) is 0 Å². The molecule has 0 aliphatic heterocycles. The fourth-order valence-corrected chi connectivity index (χ4v) is 0.560. The standard InChI is InChI=1S/C5H9ClO2.C2H6/c6-4-2-1-3-5(7)8;1-2/h1-4H2,(H,7,8);1-2H3. The molecular weight excluding hydrogens is 152 g/mol. The summed E-state index contributed by atoms with van der Waals surface area (Å²) in [5.74, 6) is -0.178. The van der Waals surface area contributed by atoms with Crippen molar-refractivity contribution in [1.29, 1.82) is 0 Å². The van der Waals surface area contributed by atoms with Gasteiger partial charge >= 0.3 is 5.97 Å². The van der Waals surface area contributed by atoms with Crippen LogP contribution in [0.5, 0.6) is 0 Å². The second kappa shape index (κ2) is 11.5. The Labute approximate surface area is 67.2 Å². The molecule has 10 heavy (non-hydrogen) atoms. The van der Waals surface area contributed by atoms with Crippen molar-refractivity contribution in [3.8, 4) is 0 Å². The Morgan fingerprint density at radius 2 is 1.90 bits per heavy atom. The van der Waals surface area contributed by atoms with Gasteiger partial charge in [-0.2, -0.15) is 0 Å². The monoisotopic (exact) mass is 166 g/mol. The SMILES string of the molecule is CC.O=C(O)CCCCCl. The van der Waals surface area contributed by atoms with Gasteiger partial charge in [0.2, 0.25) is 0 Å². The zero-order chi connectivity index (χ0) is 8.41. The van der Waals surface area contributed by atoms with Crippen LogP contribution in [0.2, 0.25) is 0 Å². The molecule has 0 aliphatic carbocycles. The van der Waals surface area contributed by atoms with Gasteiger partial charge < -0.3 is 5.11 Å². The van der Waals surface area contributed by atoms with E-state index in [9.17, 15) is 4.79 Å². The van der Waals surface area contributed by atoms with Crippen LogP contribution in [0, 0.1) is 0 Å². The van der Waals surface area contributed by atoms with Crippen LogP contribution in [-0.4, -0.2) is 17.0 Å². The zero-order valence-corrected chi connectivity index (χ0v) is 7.32. The van der Waals surface area contributed by atoms with Gasteiger partial charge in [-0.3, -0.25) is 4.79 Å². The molecule has 0 spiro atoms. The normalized spacial score (nSPS) is 7.90. The van der Waals surface area contributed by atoms with Crippen LogP contribution in [0.25, 0.3) is 0 Å². The first-order valence-corrected chi connectivity index (χ1v) is 4.08. The van der Waals surface area contributed by atoms with Gasteiger partial charge in [0.25, 0.3) is 0 Å². The number of hydrogen-bond acceptors (Lipinski definition) is 1. The predicted octanol–water partition coefficient (Wildman–Crippen LogP) is 2.51. The van der Waals surface area contributed by atoms with E-state index in [0.717, 1.165) is 6.42 Å². The van der Waals surface area contributed by atoms with Gasteiger partial charge in [-0.15, -0.1) is 11.6 Å². The number of carbonyl (C=O) groups is 1. The molecule has 0 amide bonds. The van der Waals surface area contributed by atoms with E-state index < -0.39 is 5.97 Å². The molecule has 0 heterocycles. The van der Waals surface area contributed by atoms with Crippen molar-refractivity contribution in [2.75, 3.05) is 5.88 Å². The van der Waals surface area contributed by atoms with Gasteiger partial charge in [-0.25, -0.2) is 0 Å². The molecule has 0 fully saturated rings. The first-order valence-electron chi connectivity index (χ1n) is 3.55. The first kappa shape index (κ1) is 12.4. The first-order chi connectivity index (χ1) is 4.77. The quantitative estimate of drug-likeness (QED) is 0.515. The number of hydrogen-bond donors (Lipinski definition) is 1. The van der Waals surface area contributed by atoms with Crippen LogP contribution >= 0.6 is 11.6 Å². The lowest BCUT2D eigenvalue weighted by Crippen LogP contribution is -1.93. The minimum Gasteiger partial charge on any atom is -0.481 e. The number of carboxylic acid groups (broad SMARTS) is 1. The summed E-state index contributed by atoms with van der Waals surface area (Å²) >= 11 is 5.29. The lowest BCUT2D eigenvalue weighted by atomic mass is 10.3. The number of unbranched alkanes of at least 4 members (excludes halogenated alkanes) is 1. The second-order valence-electron chi connectivity index (χ2n) is 1.54. The van der Waals surface area contributed by atoms with E-state index in [-0.39, 0.29) is 6.42 Å². The Balaban J connectivity index is 0. The molecule has 0 radical (unpaired) electrons. The second-order valence-corrected chi connectivity index (χ2v) is 1.92. The Hall–Kier alpha value is -0.240. The van der Waals surface area contributed by atoms with E-state index in [1.165, 1.54) is 0 Å². The number of aliphatic carboxylic acids is 1. The maximum absolute atomic E-state index is 9.83. The molecule has 0 aromatic carbocycles. The van der Waals surface area contributed by atoms with Gasteiger partial charge in [0, 0.05) is 12.3 Å². The minimum absolute atomic E-state index is 0.243. The lowest BCUT2D eigenvalue weighted by molar-refractivity contribution is -0.137. The van der Waals surface area contributed by atoms with Crippen molar-refractivity contribution in [1.82, 2.24) is 0 Å². The average molecular weight is 167 g/mol. The molecule has 0 aromatic heterocycles. The summed E-state index contributed by atoms with van der Waals surface area (Å²) in [6.45, 7) is 4.00. The van der Waals surface area contributed by atoms with Crippen molar-refractivity contribution in [2.45, 2.75) is 33.1 Å². The highest BCUT2D eigenvalue weighted by molar-refractivity contribution is 6.17. The Morgan fingerprint density at radius 3 is 2.20 bits per heavy atom. The zero-order valence-electron chi connectivity index (χ0n) is 6.56. The van der Waals surface area contributed by atoms with E-state index in [1.807, 2.05) is 13.8 Å². The van der Waals surface area contributed by atoms with E-state index in [0.29, 0.717) is 12.3 Å². The third kappa shape index (κ3) is 15.7. The molecule has 0 aliphatic rings. The van der Waals surface area contributed by atoms with Crippen LogP contribution < -0.4 is 0 Å². The van der Waals surface area contributed by atoms with Crippen molar-refractivity contribution in [3.63, 3.8) is 0 Å². The van der Waals surface area contributed by atoms with Crippen LogP contribution in [0.1, 0.15) is 33.1 Å². The summed E-state index contributed by atoms with van der Waals surface area (Å²) in [7, 11) is 0. The number of alkyl halides is 1. The summed E-state index contributed by atoms with van der Waals surface area (Å²) in [4.78, 5) is 9.83. The van der Waals surface area contributed by atoms with Crippen LogP contribution in [0.3, 0.4) is 0 Å². The molecule has 0 saturated heterocycles. The number of rotatable bonds is 4. The predicted molar refractivity (Wildman–Crippen MR) is 43.6 cm³/mol. The minimum atomic E-state index is -0.741. The van der Waals surface area contributed by atoms with Crippen LogP contribution in [0.4, 0.5) is 0 Å². The molecule has 1 N–H and O–H groups in total. The van der Waals surface area contributed by atoms with Crippen LogP contribution in [-0.2, 0) is 4.79 Å². The molecule has 3 heteroatoms. The van der Waals surface area contributed by atoms with Crippen molar-refractivity contribution < 1.29 is 9.90 Å². The Kier molecular flexibility index (Phi) is 14.4. The van der Waals surface area contributed by atoms with Crippen molar-refractivity contribution in [2.24, 2.45) is 0 Å². The largest absolute Gasteiger partial charge is 0.481 e. The van der Waals surface area contributed by atoms with Gasteiger partial charge in [0.1, 0.15) is 0 Å². The molecule has 0 rings (SSSR count). The highest BCUT2D eigenvalue weighted by Crippen LogP contribution is 1.95. The molecule has 0 unspecified atom stereocenters. The summed E-state index contributed by atoms with van der Waals surface area (Å²) in [6, 6.07) is 0. The molecule has 0 aromatic rings. The fourth-order valence-electron chi connectivity index (χ4n) is 0.371. The van der Waals surface area contributed by atoms with Crippen LogP contribution in [0.15, 0.2) is 0 Å². The topological polar surface area (TPSA) is 37.3 Å². The average Bonchev–Trinajstić information content (AvgIpc) is 1.92. The molecule has 0 saturated carbocycles. The lowest BCUT2D eigenvalue weighted by Gasteiger charge is -1.88. The Morgan fingerprint density at radius 1 is 1.40 bits per heavy atom. The summed E-state index contributed by atoms with van der Waals surface area (Å²) in [6.07, 6.45) is 1.74. The summed E-state index contributed by atoms with van der Waals surface area (Å²) in [5, 5.41) is 8.10. The molecule has 0 atom stereocenters. The van der Waals surface area contributed by atoms with Crippen molar-refractivity contribution in [3.05, 3.63) is 0 Å². The van der Waals surface area contributed by atoms with E-state index in [2.05, 4.69) is 0 Å². The van der Waals surface area contributed by atoms with Gasteiger partial charge in [-0.05, 0) is 12.8 Å². The molecule has 0 bridgehead atoms. The maximum Gasteiger partial charge on any atom is 0.303 e. The van der Waals surface area contributed by atoms with Crippen molar-refractivity contribution >= 4 is 17.6 Å². The summed E-state index contributed by atoms with van der Waals surface area (Å²) < 4.78 is 0. The van der Waals surface area contributed by atoms with E-state index >= 15 is 0 Å². The highest BCUT2D eigenvalue weighted by atomic mass is 35.5. The smallest absolute Gasteiger partial charge is 0.303 e. The molecule has 2 nitrogen and oxygen atoms in total. The van der Waals surface area contributed by atoms with Gasteiger partial charge in [-0.1, -0.05) is 13.8 Å². The van der Waals surface area contributed by atoms with E-state index in [1.54, 1.807) is 0 Å². The molecular formula is C7H15ClO2. The highest BCUT2D eigenvalue weighted by Gasteiger charge is 1.93. The summed E-state index contributed by atoms with van der Waals surface area (Å²) in [5.41, 5.74) is 0. The molecule has 62 valence electrons. The maximum atomic E-state index is 9.83. The van der Waals surface area contributed by atoms with E-state index in [4.69, 9.17) is 16.7 Å². The Bertz CT molecular complexity index is 74.0. The number of halogens is 1. The third-order valence-electron chi connectivity index (χ3n) is 0.774. The third-order valence-corrected chi connectivity index (χ3v) is 1.04. The van der Waals surface area contributed by atoms with Gasteiger partial charge in [0.15, 0.2) is 0 Å². The number of carboxylic acids is 1. The fraction of sp³-hybridized carbons (Fsp3) is 0.857.